The van der Waals surface area contributed by atoms with Crippen LogP contribution < -0.4 is 0 Å². The number of fused-ring (bicyclic) bond motifs is 1. The van der Waals surface area contributed by atoms with Gasteiger partial charge in [-0.1, -0.05) is 43.6 Å². The molecule has 0 amide bonds. The lowest BCUT2D eigenvalue weighted by Gasteiger charge is -2.57. The van der Waals surface area contributed by atoms with E-state index >= 15 is 0 Å². The van der Waals surface area contributed by atoms with Gasteiger partial charge in [0.1, 0.15) is 0 Å². The van der Waals surface area contributed by atoms with Crippen molar-refractivity contribution in [1.29, 1.82) is 0 Å². The third kappa shape index (κ3) is 5.21. The van der Waals surface area contributed by atoms with Crippen LogP contribution in [0.1, 0.15) is 80.1 Å². The van der Waals surface area contributed by atoms with Crippen molar-refractivity contribution < 1.29 is 19.4 Å². The molecule has 162 valence electrons. The predicted molar refractivity (Wildman–Crippen MR) is 116 cm³/mol. The first-order valence-electron chi connectivity index (χ1n) is 10.9. The quantitative estimate of drug-likeness (QED) is 0.318. The summed E-state index contributed by atoms with van der Waals surface area (Å²) in [5.74, 6) is -0.189. The van der Waals surface area contributed by atoms with Gasteiger partial charge in [-0.2, -0.15) is 0 Å². The standard InChI is InChI=1S/C25H38O4/c1-7-18(3)23(28)29-16-24(5)13-8-14-25(6)20(19(4)10-12-21(24)25)11-9-17(2)15-22(26)27/h7,10,15,20-21H,8-9,11-14,16H2,1-6H3,(H,26,27)/b17-15-,18-7+/t20-,21-,24+,25+/m0/s1. The van der Waals surface area contributed by atoms with Gasteiger partial charge in [0.2, 0.25) is 0 Å². The Morgan fingerprint density at radius 1 is 1.28 bits per heavy atom. The fourth-order valence-corrected chi connectivity index (χ4v) is 5.80. The van der Waals surface area contributed by atoms with Crippen molar-refractivity contribution in [1.82, 2.24) is 0 Å². The molecule has 4 nitrogen and oxygen atoms in total. The molecule has 1 fully saturated rings. The minimum absolute atomic E-state index is 0.0297. The van der Waals surface area contributed by atoms with Crippen LogP contribution >= 0.6 is 0 Å². The zero-order valence-electron chi connectivity index (χ0n) is 19.0. The van der Waals surface area contributed by atoms with E-state index in [1.807, 2.05) is 13.8 Å². The fourth-order valence-electron chi connectivity index (χ4n) is 5.80. The lowest BCUT2D eigenvalue weighted by Crippen LogP contribution is -2.51. The molecule has 0 saturated heterocycles. The monoisotopic (exact) mass is 402 g/mol. The van der Waals surface area contributed by atoms with E-state index in [1.54, 1.807) is 13.0 Å². The number of carboxylic acids is 1. The van der Waals surface area contributed by atoms with Gasteiger partial charge < -0.3 is 9.84 Å². The number of allylic oxidation sites excluding steroid dienone is 4. The highest BCUT2D eigenvalue weighted by molar-refractivity contribution is 5.87. The molecule has 0 aromatic rings. The van der Waals surface area contributed by atoms with E-state index in [2.05, 4.69) is 26.8 Å². The lowest BCUT2D eigenvalue weighted by molar-refractivity contribution is -0.149. The largest absolute Gasteiger partial charge is 0.478 e. The third-order valence-corrected chi connectivity index (χ3v) is 7.61. The Morgan fingerprint density at radius 3 is 2.59 bits per heavy atom. The zero-order valence-corrected chi connectivity index (χ0v) is 19.0. The zero-order chi connectivity index (χ0) is 21.8. The van der Waals surface area contributed by atoms with E-state index in [4.69, 9.17) is 9.84 Å². The van der Waals surface area contributed by atoms with Crippen LogP contribution in [-0.4, -0.2) is 23.7 Å². The Bertz CT molecular complexity index is 729. The lowest BCUT2D eigenvalue weighted by atomic mass is 9.48. The summed E-state index contributed by atoms with van der Waals surface area (Å²) in [6.45, 7) is 12.9. The van der Waals surface area contributed by atoms with Gasteiger partial charge >= 0.3 is 11.9 Å². The molecule has 0 aliphatic heterocycles. The van der Waals surface area contributed by atoms with Gasteiger partial charge in [-0.25, -0.2) is 9.59 Å². The number of carbonyl (C=O) groups is 2. The number of ether oxygens (including phenoxy) is 1. The number of hydrogen-bond donors (Lipinski definition) is 1. The molecule has 29 heavy (non-hydrogen) atoms. The number of carboxylic acid groups (broad SMARTS) is 1. The topological polar surface area (TPSA) is 63.6 Å². The van der Waals surface area contributed by atoms with Gasteiger partial charge in [0.15, 0.2) is 0 Å². The molecule has 0 aromatic carbocycles. The highest BCUT2D eigenvalue weighted by Crippen LogP contribution is 2.60. The second-order valence-corrected chi connectivity index (χ2v) is 9.72. The van der Waals surface area contributed by atoms with Crippen LogP contribution in [0.4, 0.5) is 0 Å². The van der Waals surface area contributed by atoms with Crippen LogP contribution in [0, 0.1) is 22.7 Å². The molecule has 1 saturated carbocycles. The Morgan fingerprint density at radius 2 is 1.97 bits per heavy atom. The van der Waals surface area contributed by atoms with Crippen molar-refractivity contribution >= 4 is 11.9 Å². The number of hydrogen-bond acceptors (Lipinski definition) is 3. The summed E-state index contributed by atoms with van der Waals surface area (Å²) < 4.78 is 5.73. The molecular weight excluding hydrogens is 364 g/mol. The SMILES string of the molecule is C/C=C(\C)C(=O)OC[C@@]1(C)CCC[C@]2(C)[C@@H](CC/C(C)=C\C(=O)O)C(C)=CC[C@@H]12. The Labute approximate surface area is 176 Å². The van der Waals surface area contributed by atoms with Gasteiger partial charge in [0.25, 0.3) is 0 Å². The highest BCUT2D eigenvalue weighted by Gasteiger charge is 2.53. The van der Waals surface area contributed by atoms with Gasteiger partial charge in [0, 0.05) is 17.1 Å². The molecule has 2 rings (SSSR count). The number of rotatable bonds is 7. The van der Waals surface area contributed by atoms with Crippen molar-refractivity contribution in [2.75, 3.05) is 6.61 Å². The number of carbonyl (C=O) groups excluding carboxylic acids is 1. The maximum Gasteiger partial charge on any atom is 0.333 e. The van der Waals surface area contributed by atoms with E-state index in [9.17, 15) is 9.59 Å². The van der Waals surface area contributed by atoms with Crippen LogP contribution in [-0.2, 0) is 14.3 Å². The molecule has 0 unspecified atom stereocenters. The molecule has 0 aromatic heterocycles. The van der Waals surface area contributed by atoms with Gasteiger partial charge in [-0.05, 0) is 77.0 Å². The molecule has 2 aliphatic rings. The average Bonchev–Trinajstić information content (AvgIpc) is 2.64. The molecule has 0 heterocycles. The van der Waals surface area contributed by atoms with Crippen molar-refractivity contribution in [3.8, 4) is 0 Å². The first-order valence-corrected chi connectivity index (χ1v) is 10.9. The molecule has 4 atom stereocenters. The Kier molecular flexibility index (Phi) is 7.53. The van der Waals surface area contributed by atoms with Gasteiger partial charge in [-0.3, -0.25) is 0 Å². The van der Waals surface area contributed by atoms with Crippen molar-refractivity contribution in [2.24, 2.45) is 22.7 Å². The second kappa shape index (κ2) is 9.32. The minimum atomic E-state index is -0.869. The number of aliphatic carboxylic acids is 1. The van der Waals surface area contributed by atoms with Crippen LogP contribution in [0.25, 0.3) is 0 Å². The van der Waals surface area contributed by atoms with E-state index in [1.165, 1.54) is 18.1 Å². The van der Waals surface area contributed by atoms with Gasteiger partial charge in [0.05, 0.1) is 6.61 Å². The van der Waals surface area contributed by atoms with Crippen LogP contribution in [0.3, 0.4) is 0 Å². The first-order chi connectivity index (χ1) is 13.5. The molecule has 0 bridgehead atoms. The fraction of sp³-hybridized carbons (Fsp3) is 0.680. The van der Waals surface area contributed by atoms with E-state index < -0.39 is 5.97 Å². The second-order valence-electron chi connectivity index (χ2n) is 9.72. The number of esters is 1. The van der Waals surface area contributed by atoms with E-state index in [0.29, 0.717) is 24.0 Å². The molecular formula is C25H38O4. The summed E-state index contributed by atoms with van der Waals surface area (Å²) in [6.07, 6.45) is 11.7. The van der Waals surface area contributed by atoms with Crippen molar-refractivity contribution in [3.63, 3.8) is 0 Å². The van der Waals surface area contributed by atoms with Crippen LogP contribution in [0.15, 0.2) is 34.9 Å². The summed E-state index contributed by atoms with van der Waals surface area (Å²) in [5.41, 5.74) is 3.13. The van der Waals surface area contributed by atoms with Crippen molar-refractivity contribution in [3.05, 3.63) is 34.9 Å². The highest BCUT2D eigenvalue weighted by atomic mass is 16.5. The summed E-state index contributed by atoms with van der Waals surface area (Å²) in [4.78, 5) is 23.2. The first kappa shape index (κ1) is 23.4. The predicted octanol–water partition coefficient (Wildman–Crippen LogP) is 6.09. The van der Waals surface area contributed by atoms with Gasteiger partial charge in [-0.15, -0.1) is 0 Å². The average molecular weight is 403 g/mol. The van der Waals surface area contributed by atoms with E-state index in [0.717, 1.165) is 37.7 Å². The molecule has 1 N–H and O–H groups in total. The maximum atomic E-state index is 12.2. The van der Waals surface area contributed by atoms with Crippen molar-refractivity contribution in [2.45, 2.75) is 80.1 Å². The molecule has 2 aliphatic carbocycles. The maximum absolute atomic E-state index is 12.2. The summed E-state index contributed by atoms with van der Waals surface area (Å²) in [5, 5.41) is 9.01. The Balaban J connectivity index is 2.20. The minimum Gasteiger partial charge on any atom is -0.478 e. The summed E-state index contributed by atoms with van der Waals surface area (Å²) in [7, 11) is 0. The van der Waals surface area contributed by atoms with Crippen LogP contribution in [0.2, 0.25) is 0 Å². The third-order valence-electron chi connectivity index (χ3n) is 7.61. The summed E-state index contributed by atoms with van der Waals surface area (Å²) >= 11 is 0. The smallest absolute Gasteiger partial charge is 0.333 e. The normalized spacial score (nSPS) is 33.0. The molecule has 0 spiro atoms. The Hall–Kier alpha value is -1.84. The van der Waals surface area contributed by atoms with E-state index in [-0.39, 0.29) is 16.8 Å². The summed E-state index contributed by atoms with van der Waals surface area (Å²) in [6, 6.07) is 0. The van der Waals surface area contributed by atoms with Crippen LogP contribution in [0.5, 0.6) is 0 Å². The molecule has 4 heteroatoms. The molecule has 0 radical (unpaired) electrons.